The van der Waals surface area contributed by atoms with Gasteiger partial charge in [0.15, 0.2) is 0 Å². The minimum Gasteiger partial charge on any atom is -0.350 e. The van der Waals surface area contributed by atoms with Crippen LogP contribution in [0.25, 0.3) is 0 Å². The van der Waals surface area contributed by atoms with Gasteiger partial charge in [-0.05, 0) is 58.5 Å². The zero-order valence-corrected chi connectivity index (χ0v) is 12.0. The largest absolute Gasteiger partial charge is 0.350 e. The van der Waals surface area contributed by atoms with E-state index in [0.29, 0.717) is 6.54 Å². The molecule has 1 amide bonds. The van der Waals surface area contributed by atoms with Crippen molar-refractivity contribution < 1.29 is 4.79 Å². The predicted octanol–water partition coefficient (Wildman–Crippen LogP) is 2.27. The molecule has 1 rings (SSSR count). The summed E-state index contributed by atoms with van der Waals surface area (Å²) in [6.45, 7) is 13.4. The second-order valence-electron chi connectivity index (χ2n) is 6.66. The van der Waals surface area contributed by atoms with Gasteiger partial charge in [0.05, 0.1) is 6.54 Å². The Labute approximate surface area is 106 Å². The van der Waals surface area contributed by atoms with Gasteiger partial charge in [0, 0.05) is 5.54 Å². The molecule has 0 aromatic heterocycles. The van der Waals surface area contributed by atoms with Crippen LogP contribution in [0, 0.1) is 11.8 Å². The molecule has 0 unspecified atom stereocenters. The van der Waals surface area contributed by atoms with Gasteiger partial charge in [-0.1, -0.05) is 13.8 Å². The van der Waals surface area contributed by atoms with Gasteiger partial charge in [-0.15, -0.1) is 0 Å². The van der Waals surface area contributed by atoms with E-state index in [2.05, 4.69) is 24.1 Å². The van der Waals surface area contributed by atoms with E-state index in [1.165, 1.54) is 12.8 Å². The molecule has 1 aliphatic heterocycles. The molecule has 0 radical (unpaired) electrons. The summed E-state index contributed by atoms with van der Waals surface area (Å²) in [4.78, 5) is 14.1. The Kier molecular flexibility index (Phi) is 4.99. The molecule has 0 aromatic rings. The van der Waals surface area contributed by atoms with Gasteiger partial charge >= 0.3 is 0 Å². The standard InChI is InChI=1S/C14H28N2O/c1-11(2)12-6-8-16(9-7-12)10-13(17)15-14(3,4)5/h11-12H,6-10H2,1-5H3,(H,15,17). The highest BCUT2D eigenvalue weighted by Gasteiger charge is 2.23. The van der Waals surface area contributed by atoms with Gasteiger partial charge < -0.3 is 5.32 Å². The van der Waals surface area contributed by atoms with Crippen LogP contribution in [0.2, 0.25) is 0 Å². The van der Waals surface area contributed by atoms with Crippen molar-refractivity contribution in [2.75, 3.05) is 19.6 Å². The molecule has 0 saturated carbocycles. The molecule has 1 saturated heterocycles. The van der Waals surface area contributed by atoms with Crippen LogP contribution in [0.3, 0.4) is 0 Å². The van der Waals surface area contributed by atoms with Gasteiger partial charge in [0.2, 0.25) is 5.91 Å². The van der Waals surface area contributed by atoms with Crippen molar-refractivity contribution in [3.63, 3.8) is 0 Å². The molecule has 1 aliphatic rings. The number of amides is 1. The summed E-state index contributed by atoms with van der Waals surface area (Å²) in [5.41, 5.74) is -0.118. The van der Waals surface area contributed by atoms with E-state index in [-0.39, 0.29) is 11.4 Å². The summed E-state index contributed by atoms with van der Waals surface area (Å²) in [6, 6.07) is 0. The average Bonchev–Trinajstić information content (AvgIpc) is 2.15. The van der Waals surface area contributed by atoms with Gasteiger partial charge in [0.1, 0.15) is 0 Å². The van der Waals surface area contributed by atoms with Gasteiger partial charge in [-0.25, -0.2) is 0 Å². The minimum atomic E-state index is -0.118. The molecule has 17 heavy (non-hydrogen) atoms. The number of carbonyl (C=O) groups excluding carboxylic acids is 1. The highest BCUT2D eigenvalue weighted by atomic mass is 16.2. The molecule has 0 spiro atoms. The number of rotatable bonds is 3. The fraction of sp³-hybridized carbons (Fsp3) is 0.929. The zero-order chi connectivity index (χ0) is 13.1. The van der Waals surface area contributed by atoms with Crippen molar-refractivity contribution in [1.29, 1.82) is 0 Å². The number of nitrogens with zero attached hydrogens (tertiary/aromatic N) is 1. The first-order chi connectivity index (χ1) is 7.78. The van der Waals surface area contributed by atoms with Crippen molar-refractivity contribution in [2.45, 2.75) is 53.0 Å². The quantitative estimate of drug-likeness (QED) is 0.821. The third-order valence-corrected chi connectivity index (χ3v) is 3.46. The van der Waals surface area contributed by atoms with E-state index in [1.54, 1.807) is 0 Å². The Hall–Kier alpha value is -0.570. The lowest BCUT2D eigenvalue weighted by molar-refractivity contribution is -0.124. The van der Waals surface area contributed by atoms with E-state index in [0.717, 1.165) is 24.9 Å². The summed E-state index contributed by atoms with van der Waals surface area (Å²) >= 11 is 0. The molecule has 3 heteroatoms. The SMILES string of the molecule is CC(C)C1CCN(CC(=O)NC(C)(C)C)CC1. The lowest BCUT2D eigenvalue weighted by atomic mass is 9.87. The maximum atomic E-state index is 11.8. The molecule has 3 nitrogen and oxygen atoms in total. The van der Waals surface area contributed by atoms with Crippen molar-refractivity contribution in [1.82, 2.24) is 10.2 Å². The van der Waals surface area contributed by atoms with Crippen LogP contribution in [0.1, 0.15) is 47.5 Å². The fourth-order valence-electron chi connectivity index (χ4n) is 2.44. The number of carbonyl (C=O) groups is 1. The normalized spacial score (nSPS) is 19.6. The van der Waals surface area contributed by atoms with Crippen LogP contribution in [0.15, 0.2) is 0 Å². The van der Waals surface area contributed by atoms with E-state index >= 15 is 0 Å². The predicted molar refractivity (Wildman–Crippen MR) is 71.9 cm³/mol. The lowest BCUT2D eigenvalue weighted by Crippen LogP contribution is -2.47. The first kappa shape index (κ1) is 14.5. The van der Waals surface area contributed by atoms with Crippen LogP contribution >= 0.6 is 0 Å². The first-order valence-corrected chi connectivity index (χ1v) is 6.81. The van der Waals surface area contributed by atoms with E-state index < -0.39 is 0 Å². The minimum absolute atomic E-state index is 0.118. The molecule has 1 heterocycles. The number of hydrogen-bond donors (Lipinski definition) is 1. The first-order valence-electron chi connectivity index (χ1n) is 6.81. The second kappa shape index (κ2) is 5.85. The number of likely N-dealkylation sites (tertiary alicyclic amines) is 1. The van der Waals surface area contributed by atoms with Gasteiger partial charge in [-0.2, -0.15) is 0 Å². The molecule has 0 atom stereocenters. The van der Waals surface area contributed by atoms with Crippen molar-refractivity contribution in [3.8, 4) is 0 Å². The highest BCUT2D eigenvalue weighted by molar-refractivity contribution is 5.78. The van der Waals surface area contributed by atoms with Crippen LogP contribution in [-0.4, -0.2) is 36.0 Å². The van der Waals surface area contributed by atoms with Crippen LogP contribution < -0.4 is 5.32 Å². The molecule has 1 fully saturated rings. The molecule has 0 aliphatic carbocycles. The molecule has 1 N–H and O–H groups in total. The van der Waals surface area contributed by atoms with Crippen LogP contribution in [-0.2, 0) is 4.79 Å². The number of hydrogen-bond acceptors (Lipinski definition) is 2. The molecule has 0 bridgehead atoms. The third kappa shape index (κ3) is 5.53. The highest BCUT2D eigenvalue weighted by Crippen LogP contribution is 2.24. The molecule has 0 aromatic carbocycles. The average molecular weight is 240 g/mol. The van der Waals surface area contributed by atoms with Gasteiger partial charge in [0.25, 0.3) is 0 Å². The maximum absolute atomic E-state index is 11.8. The van der Waals surface area contributed by atoms with Crippen LogP contribution in [0.4, 0.5) is 0 Å². The number of piperidine rings is 1. The van der Waals surface area contributed by atoms with Gasteiger partial charge in [-0.3, -0.25) is 9.69 Å². The lowest BCUT2D eigenvalue weighted by Gasteiger charge is -2.34. The van der Waals surface area contributed by atoms with E-state index in [1.807, 2.05) is 20.8 Å². The van der Waals surface area contributed by atoms with Crippen molar-refractivity contribution in [2.24, 2.45) is 11.8 Å². The molecular weight excluding hydrogens is 212 g/mol. The maximum Gasteiger partial charge on any atom is 0.234 e. The number of nitrogens with one attached hydrogen (secondary N) is 1. The zero-order valence-electron chi connectivity index (χ0n) is 12.0. The second-order valence-corrected chi connectivity index (χ2v) is 6.66. The van der Waals surface area contributed by atoms with Crippen molar-refractivity contribution in [3.05, 3.63) is 0 Å². The van der Waals surface area contributed by atoms with E-state index in [4.69, 9.17) is 0 Å². The Bertz CT molecular complexity index is 247. The topological polar surface area (TPSA) is 32.3 Å². The summed E-state index contributed by atoms with van der Waals surface area (Å²) < 4.78 is 0. The summed E-state index contributed by atoms with van der Waals surface area (Å²) in [6.07, 6.45) is 2.47. The Morgan fingerprint density at radius 3 is 2.24 bits per heavy atom. The summed E-state index contributed by atoms with van der Waals surface area (Å²) in [7, 11) is 0. The van der Waals surface area contributed by atoms with Crippen LogP contribution in [0.5, 0.6) is 0 Å². The van der Waals surface area contributed by atoms with E-state index in [9.17, 15) is 4.79 Å². The Morgan fingerprint density at radius 1 is 1.29 bits per heavy atom. The summed E-state index contributed by atoms with van der Waals surface area (Å²) in [5, 5.41) is 3.02. The van der Waals surface area contributed by atoms with Crippen molar-refractivity contribution >= 4 is 5.91 Å². The molecular formula is C14H28N2O. The smallest absolute Gasteiger partial charge is 0.234 e. The fourth-order valence-corrected chi connectivity index (χ4v) is 2.44. The summed E-state index contributed by atoms with van der Waals surface area (Å²) in [5.74, 6) is 1.78. The third-order valence-electron chi connectivity index (χ3n) is 3.46. The Morgan fingerprint density at radius 2 is 1.82 bits per heavy atom. The Balaban J connectivity index is 2.29. The molecule has 100 valence electrons. The monoisotopic (exact) mass is 240 g/mol.